The summed E-state index contributed by atoms with van der Waals surface area (Å²) in [5.41, 5.74) is 0. The summed E-state index contributed by atoms with van der Waals surface area (Å²) < 4.78 is 0. The van der Waals surface area contributed by atoms with Gasteiger partial charge in [-0.3, -0.25) is 4.98 Å². The molecule has 0 amide bonds. The highest BCUT2D eigenvalue weighted by Crippen LogP contribution is 2.12. The lowest BCUT2D eigenvalue weighted by molar-refractivity contribution is 0.806. The highest BCUT2D eigenvalue weighted by Gasteiger charge is 2.06. The standard InChI is InChI=1S/C12H19N5/c1-3-7-15-11-9-14-10-12(16-11)17(4-2)8-5-6-13/h9-10H,3-5,7-8H2,1-2H3,(H,15,16). The molecule has 92 valence electrons. The largest absolute Gasteiger partial charge is 0.369 e. The Morgan fingerprint density at radius 2 is 2.24 bits per heavy atom. The first kappa shape index (κ1) is 13.2. The average molecular weight is 233 g/mol. The molecule has 0 fully saturated rings. The van der Waals surface area contributed by atoms with Crippen molar-refractivity contribution in [3.63, 3.8) is 0 Å². The van der Waals surface area contributed by atoms with Crippen LogP contribution >= 0.6 is 0 Å². The van der Waals surface area contributed by atoms with E-state index in [4.69, 9.17) is 5.26 Å². The predicted octanol–water partition coefficient (Wildman–Crippen LogP) is 2.04. The smallest absolute Gasteiger partial charge is 0.149 e. The van der Waals surface area contributed by atoms with Gasteiger partial charge in [-0.05, 0) is 13.3 Å². The molecule has 0 aromatic carbocycles. The number of rotatable bonds is 7. The van der Waals surface area contributed by atoms with E-state index in [-0.39, 0.29) is 0 Å². The molecule has 1 aromatic rings. The second kappa shape index (κ2) is 7.44. The zero-order valence-electron chi connectivity index (χ0n) is 10.5. The van der Waals surface area contributed by atoms with Gasteiger partial charge in [0.05, 0.1) is 24.9 Å². The van der Waals surface area contributed by atoms with Crippen LogP contribution in [0.4, 0.5) is 11.6 Å². The van der Waals surface area contributed by atoms with Gasteiger partial charge in [-0.2, -0.15) is 5.26 Å². The Hall–Kier alpha value is -1.83. The van der Waals surface area contributed by atoms with Gasteiger partial charge in [0.15, 0.2) is 0 Å². The first-order valence-electron chi connectivity index (χ1n) is 5.99. The first-order chi connectivity index (χ1) is 8.31. The molecule has 17 heavy (non-hydrogen) atoms. The highest BCUT2D eigenvalue weighted by molar-refractivity contribution is 5.43. The normalized spacial score (nSPS) is 9.71. The molecule has 0 spiro atoms. The van der Waals surface area contributed by atoms with Gasteiger partial charge in [0, 0.05) is 19.6 Å². The van der Waals surface area contributed by atoms with Gasteiger partial charge in [0.25, 0.3) is 0 Å². The minimum Gasteiger partial charge on any atom is -0.369 e. The Labute approximate surface area is 102 Å². The molecule has 0 saturated carbocycles. The van der Waals surface area contributed by atoms with Gasteiger partial charge >= 0.3 is 0 Å². The molecule has 0 unspecified atom stereocenters. The van der Waals surface area contributed by atoms with Crippen LogP contribution < -0.4 is 10.2 Å². The maximum absolute atomic E-state index is 8.60. The molecular formula is C12H19N5. The summed E-state index contributed by atoms with van der Waals surface area (Å²) in [6.07, 6.45) is 5.01. The molecule has 0 radical (unpaired) electrons. The van der Waals surface area contributed by atoms with E-state index >= 15 is 0 Å². The molecular weight excluding hydrogens is 214 g/mol. The number of nitrogens with one attached hydrogen (secondary N) is 1. The van der Waals surface area contributed by atoms with E-state index in [9.17, 15) is 0 Å². The third-order valence-electron chi connectivity index (χ3n) is 2.38. The van der Waals surface area contributed by atoms with Crippen LogP contribution in [0, 0.1) is 11.3 Å². The van der Waals surface area contributed by atoms with Crippen molar-refractivity contribution in [2.45, 2.75) is 26.7 Å². The average Bonchev–Trinajstić information content (AvgIpc) is 2.38. The summed E-state index contributed by atoms with van der Waals surface area (Å²) in [5, 5.41) is 11.8. The molecule has 1 heterocycles. The molecule has 0 saturated heterocycles. The Morgan fingerprint density at radius 1 is 1.41 bits per heavy atom. The number of nitriles is 1. The van der Waals surface area contributed by atoms with E-state index in [0.29, 0.717) is 13.0 Å². The number of aromatic nitrogens is 2. The van der Waals surface area contributed by atoms with Crippen molar-refractivity contribution >= 4 is 11.6 Å². The lowest BCUT2D eigenvalue weighted by Crippen LogP contribution is -2.25. The molecule has 1 rings (SSSR count). The SMILES string of the molecule is CCCNc1cncc(N(CC)CCC#N)n1. The van der Waals surface area contributed by atoms with Crippen molar-refractivity contribution < 1.29 is 0 Å². The summed E-state index contributed by atoms with van der Waals surface area (Å²) >= 11 is 0. The van der Waals surface area contributed by atoms with Gasteiger partial charge in [-0.25, -0.2) is 4.98 Å². The van der Waals surface area contributed by atoms with Crippen molar-refractivity contribution in [2.24, 2.45) is 0 Å². The Balaban J connectivity index is 2.70. The van der Waals surface area contributed by atoms with Crippen LogP contribution in [0.1, 0.15) is 26.7 Å². The number of nitrogens with zero attached hydrogens (tertiary/aromatic N) is 4. The topological polar surface area (TPSA) is 64.8 Å². The molecule has 1 N–H and O–H groups in total. The summed E-state index contributed by atoms with van der Waals surface area (Å²) in [7, 11) is 0. The fourth-order valence-corrected chi connectivity index (χ4v) is 1.47. The minimum absolute atomic E-state index is 0.502. The number of hydrogen-bond acceptors (Lipinski definition) is 5. The van der Waals surface area contributed by atoms with Crippen LogP contribution in [0.2, 0.25) is 0 Å². The molecule has 0 aliphatic carbocycles. The second-order valence-corrected chi connectivity index (χ2v) is 3.68. The van der Waals surface area contributed by atoms with E-state index in [2.05, 4.69) is 28.3 Å². The van der Waals surface area contributed by atoms with Crippen LogP contribution in [-0.2, 0) is 0 Å². The zero-order valence-corrected chi connectivity index (χ0v) is 10.5. The summed E-state index contributed by atoms with van der Waals surface area (Å²) in [6.45, 7) is 6.57. The van der Waals surface area contributed by atoms with Crippen LogP contribution in [0.15, 0.2) is 12.4 Å². The molecule has 0 bridgehead atoms. The van der Waals surface area contributed by atoms with Crippen molar-refractivity contribution in [3.05, 3.63) is 12.4 Å². The van der Waals surface area contributed by atoms with Crippen LogP contribution in [0.5, 0.6) is 0 Å². The highest BCUT2D eigenvalue weighted by atomic mass is 15.2. The molecule has 1 aromatic heterocycles. The second-order valence-electron chi connectivity index (χ2n) is 3.68. The lowest BCUT2D eigenvalue weighted by Gasteiger charge is -2.20. The molecule has 5 nitrogen and oxygen atoms in total. The van der Waals surface area contributed by atoms with Crippen LogP contribution in [0.3, 0.4) is 0 Å². The Kier molecular flexibility index (Phi) is 5.80. The summed E-state index contributed by atoms with van der Waals surface area (Å²) in [5.74, 6) is 1.61. The third kappa shape index (κ3) is 4.27. The zero-order chi connectivity index (χ0) is 12.5. The van der Waals surface area contributed by atoms with Gasteiger partial charge in [-0.1, -0.05) is 6.92 Å². The first-order valence-corrected chi connectivity index (χ1v) is 5.99. The Bertz CT molecular complexity index is 371. The van der Waals surface area contributed by atoms with E-state index in [0.717, 1.165) is 31.1 Å². The van der Waals surface area contributed by atoms with Crippen molar-refractivity contribution in [1.82, 2.24) is 9.97 Å². The molecule has 0 atom stereocenters. The van der Waals surface area contributed by atoms with Crippen LogP contribution in [-0.4, -0.2) is 29.6 Å². The maximum Gasteiger partial charge on any atom is 0.149 e. The Morgan fingerprint density at radius 3 is 2.88 bits per heavy atom. The fraction of sp³-hybridized carbons (Fsp3) is 0.583. The minimum atomic E-state index is 0.502. The van der Waals surface area contributed by atoms with E-state index in [1.54, 1.807) is 12.4 Å². The third-order valence-corrected chi connectivity index (χ3v) is 2.38. The van der Waals surface area contributed by atoms with Gasteiger partial charge in [0.1, 0.15) is 11.6 Å². The monoisotopic (exact) mass is 233 g/mol. The number of anilines is 2. The predicted molar refractivity (Wildman–Crippen MR) is 68.9 cm³/mol. The maximum atomic E-state index is 8.60. The van der Waals surface area contributed by atoms with Gasteiger partial charge in [-0.15, -0.1) is 0 Å². The molecule has 5 heteroatoms. The van der Waals surface area contributed by atoms with Crippen molar-refractivity contribution in [2.75, 3.05) is 29.9 Å². The summed E-state index contributed by atoms with van der Waals surface area (Å²) in [6, 6.07) is 2.15. The van der Waals surface area contributed by atoms with E-state index in [1.807, 2.05) is 11.8 Å². The fourth-order valence-electron chi connectivity index (χ4n) is 1.47. The van der Waals surface area contributed by atoms with Crippen LogP contribution in [0.25, 0.3) is 0 Å². The number of hydrogen-bond donors (Lipinski definition) is 1. The van der Waals surface area contributed by atoms with E-state index < -0.39 is 0 Å². The molecule has 0 aliphatic heterocycles. The van der Waals surface area contributed by atoms with Crippen molar-refractivity contribution in [3.8, 4) is 6.07 Å². The lowest BCUT2D eigenvalue weighted by atomic mass is 10.4. The van der Waals surface area contributed by atoms with Gasteiger partial charge in [0.2, 0.25) is 0 Å². The summed E-state index contributed by atoms with van der Waals surface area (Å²) in [4.78, 5) is 10.7. The van der Waals surface area contributed by atoms with Crippen molar-refractivity contribution in [1.29, 1.82) is 5.26 Å². The van der Waals surface area contributed by atoms with E-state index in [1.165, 1.54) is 0 Å². The quantitative estimate of drug-likeness (QED) is 0.780. The molecule has 0 aliphatic rings. The van der Waals surface area contributed by atoms with Gasteiger partial charge < -0.3 is 10.2 Å².